The Morgan fingerprint density at radius 2 is 2.00 bits per heavy atom. The molecule has 0 amide bonds. The first kappa shape index (κ1) is 16.2. The zero-order chi connectivity index (χ0) is 16.6. The van der Waals surface area contributed by atoms with Crippen molar-refractivity contribution in [3.05, 3.63) is 56.5 Å². The van der Waals surface area contributed by atoms with Gasteiger partial charge in [0.15, 0.2) is 5.69 Å². The van der Waals surface area contributed by atoms with Crippen LogP contribution in [0.3, 0.4) is 0 Å². The molecule has 0 aliphatic carbocycles. The van der Waals surface area contributed by atoms with E-state index in [9.17, 15) is 9.90 Å². The number of hydrogen-bond donors (Lipinski definition) is 1. The van der Waals surface area contributed by atoms with Gasteiger partial charge < -0.3 is 5.11 Å². The average Bonchev–Trinajstić information content (AvgIpc) is 3.11. The molecule has 1 aromatic carbocycles. The van der Waals surface area contributed by atoms with Crippen LogP contribution in [0.2, 0.25) is 5.02 Å². The quantitative estimate of drug-likeness (QED) is 0.635. The lowest BCUT2D eigenvalue weighted by Gasteiger charge is -2.07. The maximum atomic E-state index is 11.6. The standard InChI is InChI=1S/C16H12BrClN2O2S/c1-2-11-14(16(21)22)19-20(10-5-3-9(18)4-6-10)15(11)12-7-8-13(17)23-12/h3-8H,2H2,1H3,(H,21,22). The number of carboxylic acids is 1. The second-order valence-corrected chi connectivity index (χ2v) is 7.73. The van der Waals surface area contributed by atoms with Crippen LogP contribution >= 0.6 is 38.9 Å². The SMILES string of the molecule is CCc1c(C(=O)O)nn(-c2ccc(Cl)cc2)c1-c1ccc(Br)s1. The first-order chi connectivity index (χ1) is 11.0. The van der Waals surface area contributed by atoms with Crippen molar-refractivity contribution in [1.82, 2.24) is 9.78 Å². The minimum absolute atomic E-state index is 0.0852. The van der Waals surface area contributed by atoms with Gasteiger partial charge in [-0.1, -0.05) is 18.5 Å². The lowest BCUT2D eigenvalue weighted by molar-refractivity contribution is 0.0689. The Morgan fingerprint density at radius 3 is 2.52 bits per heavy atom. The Balaban J connectivity index is 2.29. The van der Waals surface area contributed by atoms with Crippen LogP contribution in [0.25, 0.3) is 16.3 Å². The normalized spacial score (nSPS) is 10.9. The molecule has 0 saturated heterocycles. The van der Waals surface area contributed by atoms with Gasteiger partial charge in [-0.15, -0.1) is 11.3 Å². The molecule has 0 saturated carbocycles. The van der Waals surface area contributed by atoms with E-state index in [1.165, 1.54) is 0 Å². The van der Waals surface area contributed by atoms with Crippen molar-refractivity contribution in [2.75, 3.05) is 0 Å². The highest BCUT2D eigenvalue weighted by atomic mass is 79.9. The zero-order valence-electron chi connectivity index (χ0n) is 12.1. The number of aromatic nitrogens is 2. The minimum Gasteiger partial charge on any atom is -0.476 e. The van der Waals surface area contributed by atoms with Gasteiger partial charge in [0, 0.05) is 10.6 Å². The summed E-state index contributed by atoms with van der Waals surface area (Å²) in [6.45, 7) is 1.93. The molecule has 0 atom stereocenters. The molecule has 1 N–H and O–H groups in total. The number of carboxylic acid groups (broad SMARTS) is 1. The lowest BCUT2D eigenvalue weighted by atomic mass is 10.1. The van der Waals surface area contributed by atoms with Gasteiger partial charge in [0.25, 0.3) is 0 Å². The predicted molar refractivity (Wildman–Crippen MR) is 95.9 cm³/mol. The molecule has 118 valence electrons. The second-order valence-electron chi connectivity index (χ2n) is 4.83. The maximum Gasteiger partial charge on any atom is 0.356 e. The first-order valence-corrected chi connectivity index (χ1v) is 8.86. The average molecular weight is 412 g/mol. The molecule has 7 heteroatoms. The van der Waals surface area contributed by atoms with E-state index in [0.29, 0.717) is 11.4 Å². The molecule has 3 aromatic rings. The van der Waals surface area contributed by atoms with E-state index in [1.54, 1.807) is 28.2 Å². The molecular weight excluding hydrogens is 400 g/mol. The summed E-state index contributed by atoms with van der Waals surface area (Å²) in [4.78, 5) is 12.5. The molecule has 3 rings (SSSR count). The predicted octanol–water partition coefficient (Wildman–Crippen LogP) is 5.28. The van der Waals surface area contributed by atoms with E-state index in [-0.39, 0.29) is 5.69 Å². The molecule has 4 nitrogen and oxygen atoms in total. The maximum absolute atomic E-state index is 11.6. The van der Waals surface area contributed by atoms with Crippen LogP contribution < -0.4 is 0 Å². The van der Waals surface area contributed by atoms with Crippen molar-refractivity contribution in [2.24, 2.45) is 0 Å². The Hall–Kier alpha value is -1.63. The van der Waals surface area contributed by atoms with Crippen LogP contribution in [0.4, 0.5) is 0 Å². The largest absolute Gasteiger partial charge is 0.476 e. The van der Waals surface area contributed by atoms with Gasteiger partial charge in [-0.05, 0) is 58.7 Å². The number of aromatic carboxylic acids is 1. The molecule has 23 heavy (non-hydrogen) atoms. The summed E-state index contributed by atoms with van der Waals surface area (Å²) >= 11 is 10.9. The third-order valence-electron chi connectivity index (χ3n) is 3.42. The molecule has 0 spiro atoms. The second kappa shape index (κ2) is 6.47. The van der Waals surface area contributed by atoms with Gasteiger partial charge in [-0.25, -0.2) is 9.48 Å². The summed E-state index contributed by atoms with van der Waals surface area (Å²) in [6.07, 6.45) is 0.583. The van der Waals surface area contributed by atoms with Gasteiger partial charge >= 0.3 is 5.97 Å². The monoisotopic (exact) mass is 410 g/mol. The zero-order valence-corrected chi connectivity index (χ0v) is 15.2. The van der Waals surface area contributed by atoms with E-state index in [2.05, 4.69) is 21.0 Å². The lowest BCUT2D eigenvalue weighted by Crippen LogP contribution is -2.02. The van der Waals surface area contributed by atoms with Crippen LogP contribution in [0.15, 0.2) is 40.2 Å². The first-order valence-electron chi connectivity index (χ1n) is 6.88. The molecule has 0 fully saturated rings. The number of thiophene rings is 1. The third kappa shape index (κ3) is 3.06. The summed E-state index contributed by atoms with van der Waals surface area (Å²) in [5, 5.41) is 14.4. The minimum atomic E-state index is -1.02. The number of carbonyl (C=O) groups is 1. The molecule has 2 heterocycles. The van der Waals surface area contributed by atoms with Crippen molar-refractivity contribution < 1.29 is 9.90 Å². The summed E-state index contributed by atoms with van der Waals surface area (Å²) < 4.78 is 2.66. The molecule has 0 radical (unpaired) electrons. The van der Waals surface area contributed by atoms with E-state index < -0.39 is 5.97 Å². The molecule has 0 aliphatic heterocycles. The van der Waals surface area contributed by atoms with Crippen LogP contribution in [-0.2, 0) is 6.42 Å². The fourth-order valence-electron chi connectivity index (χ4n) is 2.42. The van der Waals surface area contributed by atoms with Crippen LogP contribution in [0, 0.1) is 0 Å². The smallest absolute Gasteiger partial charge is 0.356 e. The highest BCUT2D eigenvalue weighted by Gasteiger charge is 2.24. The van der Waals surface area contributed by atoms with E-state index in [4.69, 9.17) is 11.6 Å². The van der Waals surface area contributed by atoms with E-state index in [0.717, 1.165) is 25.6 Å². The number of rotatable bonds is 4. The topological polar surface area (TPSA) is 55.1 Å². The number of nitrogens with zero attached hydrogens (tertiary/aromatic N) is 2. The summed E-state index contributed by atoms with van der Waals surface area (Å²) in [5.74, 6) is -1.02. The molecule has 0 aliphatic rings. The van der Waals surface area contributed by atoms with E-state index in [1.807, 2.05) is 31.2 Å². The van der Waals surface area contributed by atoms with Gasteiger partial charge in [-0.3, -0.25) is 0 Å². The molecule has 0 bridgehead atoms. The number of hydrogen-bond acceptors (Lipinski definition) is 3. The summed E-state index contributed by atoms with van der Waals surface area (Å²) in [6, 6.07) is 11.1. The fourth-order valence-corrected chi connectivity index (χ4v) is 3.99. The Bertz CT molecular complexity index is 871. The fraction of sp³-hybridized carbons (Fsp3) is 0.125. The Kier molecular flexibility index (Phi) is 4.57. The van der Waals surface area contributed by atoms with Gasteiger partial charge in [0.2, 0.25) is 0 Å². The molecule has 2 aromatic heterocycles. The van der Waals surface area contributed by atoms with Crippen LogP contribution in [0.5, 0.6) is 0 Å². The molecule has 0 unspecified atom stereocenters. The van der Waals surface area contributed by atoms with E-state index >= 15 is 0 Å². The summed E-state index contributed by atoms with van der Waals surface area (Å²) in [5.41, 5.74) is 2.39. The Morgan fingerprint density at radius 1 is 1.30 bits per heavy atom. The van der Waals surface area contributed by atoms with Gasteiger partial charge in [0.05, 0.1) is 20.0 Å². The van der Waals surface area contributed by atoms with Gasteiger partial charge in [-0.2, -0.15) is 5.10 Å². The van der Waals surface area contributed by atoms with Crippen LogP contribution in [0.1, 0.15) is 23.0 Å². The van der Waals surface area contributed by atoms with Crippen molar-refractivity contribution in [1.29, 1.82) is 0 Å². The highest BCUT2D eigenvalue weighted by Crippen LogP contribution is 2.36. The number of benzene rings is 1. The van der Waals surface area contributed by atoms with Crippen LogP contribution in [-0.4, -0.2) is 20.9 Å². The van der Waals surface area contributed by atoms with Crippen molar-refractivity contribution in [3.8, 4) is 16.3 Å². The summed E-state index contributed by atoms with van der Waals surface area (Å²) in [7, 11) is 0. The van der Waals surface area contributed by atoms with Crippen molar-refractivity contribution in [3.63, 3.8) is 0 Å². The van der Waals surface area contributed by atoms with Gasteiger partial charge in [0.1, 0.15) is 0 Å². The van der Waals surface area contributed by atoms with Crippen molar-refractivity contribution >= 4 is 44.8 Å². The number of halogens is 2. The highest BCUT2D eigenvalue weighted by molar-refractivity contribution is 9.11. The molecular formula is C16H12BrClN2O2S. The third-order valence-corrected chi connectivity index (χ3v) is 5.30. The van der Waals surface area contributed by atoms with Crippen molar-refractivity contribution in [2.45, 2.75) is 13.3 Å². The Labute approximate surface area is 150 Å².